The average molecular weight is 291 g/mol. The normalized spacial score (nSPS) is 10.6. The summed E-state index contributed by atoms with van der Waals surface area (Å²) in [5.74, 6) is -0.528. The SMILES string of the molecule is CCc1ccc(OCc2c(C(=O)O)nnn2CCO)cc1. The zero-order valence-corrected chi connectivity index (χ0v) is 11.7. The van der Waals surface area contributed by atoms with Crippen molar-refractivity contribution >= 4 is 5.97 Å². The van der Waals surface area contributed by atoms with Crippen LogP contribution >= 0.6 is 0 Å². The molecule has 0 bridgehead atoms. The summed E-state index contributed by atoms with van der Waals surface area (Å²) in [6.07, 6.45) is 0.941. The third-order valence-corrected chi connectivity index (χ3v) is 3.06. The van der Waals surface area contributed by atoms with Gasteiger partial charge in [0.05, 0.1) is 13.2 Å². The van der Waals surface area contributed by atoms with Crippen LogP contribution in [-0.4, -0.2) is 37.8 Å². The lowest BCUT2D eigenvalue weighted by Crippen LogP contribution is -2.13. The average Bonchev–Trinajstić information content (AvgIpc) is 2.89. The Labute approximate surface area is 121 Å². The molecule has 0 atom stereocenters. The van der Waals surface area contributed by atoms with Crippen LogP contribution in [0.25, 0.3) is 0 Å². The second-order valence-electron chi connectivity index (χ2n) is 4.42. The van der Waals surface area contributed by atoms with Crippen LogP contribution in [0.2, 0.25) is 0 Å². The van der Waals surface area contributed by atoms with Crippen LogP contribution in [0.15, 0.2) is 24.3 Å². The molecule has 1 heterocycles. The summed E-state index contributed by atoms with van der Waals surface area (Å²) in [5.41, 5.74) is 1.37. The van der Waals surface area contributed by atoms with Crippen molar-refractivity contribution < 1.29 is 19.7 Å². The predicted octanol–water partition coefficient (Wildman–Crippen LogP) is 1.11. The molecule has 0 unspecified atom stereocenters. The topological polar surface area (TPSA) is 97.5 Å². The summed E-state index contributed by atoms with van der Waals surface area (Å²) in [6, 6.07) is 7.58. The van der Waals surface area contributed by atoms with E-state index in [1.165, 1.54) is 10.2 Å². The van der Waals surface area contributed by atoms with Crippen LogP contribution in [0.4, 0.5) is 0 Å². The molecule has 0 saturated heterocycles. The molecule has 0 radical (unpaired) electrons. The molecule has 21 heavy (non-hydrogen) atoms. The lowest BCUT2D eigenvalue weighted by molar-refractivity contribution is 0.0687. The number of aromatic carboxylic acids is 1. The Kier molecular flexibility index (Phi) is 4.89. The number of aliphatic hydroxyl groups is 1. The number of rotatable bonds is 7. The summed E-state index contributed by atoms with van der Waals surface area (Å²) < 4.78 is 6.92. The van der Waals surface area contributed by atoms with Gasteiger partial charge in [0, 0.05) is 0 Å². The summed E-state index contributed by atoms with van der Waals surface area (Å²) in [5, 5.41) is 25.3. The van der Waals surface area contributed by atoms with Crippen molar-refractivity contribution in [3.05, 3.63) is 41.2 Å². The molecule has 7 nitrogen and oxygen atoms in total. The van der Waals surface area contributed by atoms with Crippen LogP contribution in [0.3, 0.4) is 0 Å². The highest BCUT2D eigenvalue weighted by molar-refractivity contribution is 5.86. The highest BCUT2D eigenvalue weighted by atomic mass is 16.5. The molecular weight excluding hydrogens is 274 g/mol. The van der Waals surface area contributed by atoms with Gasteiger partial charge in [0.2, 0.25) is 0 Å². The molecule has 2 rings (SSSR count). The number of ether oxygens (including phenoxy) is 1. The second-order valence-corrected chi connectivity index (χ2v) is 4.42. The quantitative estimate of drug-likeness (QED) is 0.793. The van der Waals surface area contributed by atoms with Crippen LogP contribution in [0.5, 0.6) is 5.75 Å². The van der Waals surface area contributed by atoms with Gasteiger partial charge in [-0.3, -0.25) is 0 Å². The Balaban J connectivity index is 2.13. The molecule has 1 aromatic heterocycles. The van der Waals surface area contributed by atoms with E-state index in [0.717, 1.165) is 6.42 Å². The number of nitrogens with zero attached hydrogens (tertiary/aromatic N) is 3. The maximum Gasteiger partial charge on any atom is 0.358 e. The molecule has 1 aromatic carbocycles. The largest absolute Gasteiger partial charge is 0.487 e. The number of carboxylic acids is 1. The number of hydrogen-bond donors (Lipinski definition) is 2. The van der Waals surface area contributed by atoms with Gasteiger partial charge in [0.1, 0.15) is 18.1 Å². The van der Waals surface area contributed by atoms with Gasteiger partial charge >= 0.3 is 5.97 Å². The van der Waals surface area contributed by atoms with E-state index < -0.39 is 5.97 Å². The number of hydrogen-bond acceptors (Lipinski definition) is 5. The molecule has 0 aliphatic rings. The van der Waals surface area contributed by atoms with Gasteiger partial charge in [0.15, 0.2) is 5.69 Å². The number of aromatic nitrogens is 3. The lowest BCUT2D eigenvalue weighted by atomic mass is 10.2. The number of aryl methyl sites for hydroxylation is 1. The first-order chi connectivity index (χ1) is 10.2. The molecule has 2 N–H and O–H groups in total. The maximum atomic E-state index is 11.1. The standard InChI is InChI=1S/C14H17N3O4/c1-2-10-3-5-11(6-4-10)21-9-12-13(14(19)20)15-16-17(12)7-8-18/h3-6,18H,2,7-9H2,1H3,(H,19,20). The summed E-state index contributed by atoms with van der Waals surface area (Å²) in [4.78, 5) is 11.1. The molecule has 0 amide bonds. The highest BCUT2D eigenvalue weighted by Gasteiger charge is 2.19. The fourth-order valence-corrected chi connectivity index (χ4v) is 1.89. The number of benzene rings is 1. The third kappa shape index (κ3) is 3.57. The lowest BCUT2D eigenvalue weighted by Gasteiger charge is -2.09. The zero-order valence-electron chi connectivity index (χ0n) is 11.7. The van der Waals surface area contributed by atoms with E-state index in [1.54, 1.807) is 0 Å². The maximum absolute atomic E-state index is 11.1. The minimum atomic E-state index is -1.17. The first kappa shape index (κ1) is 15.0. The van der Waals surface area contributed by atoms with Crippen LogP contribution in [0.1, 0.15) is 28.7 Å². The van der Waals surface area contributed by atoms with Crippen molar-refractivity contribution in [1.29, 1.82) is 0 Å². The zero-order chi connectivity index (χ0) is 15.2. The minimum absolute atomic E-state index is 0.0279. The van der Waals surface area contributed by atoms with Crippen molar-refractivity contribution in [2.45, 2.75) is 26.5 Å². The molecule has 7 heteroatoms. The summed E-state index contributed by atoms with van der Waals surface area (Å²) in [6.45, 7) is 2.11. The molecule has 0 fully saturated rings. The Morgan fingerprint density at radius 2 is 2.05 bits per heavy atom. The smallest absolute Gasteiger partial charge is 0.358 e. The van der Waals surface area contributed by atoms with E-state index in [4.69, 9.17) is 14.9 Å². The van der Waals surface area contributed by atoms with E-state index in [2.05, 4.69) is 17.2 Å². The monoisotopic (exact) mass is 291 g/mol. The summed E-state index contributed by atoms with van der Waals surface area (Å²) >= 11 is 0. The molecule has 0 spiro atoms. The van der Waals surface area contributed by atoms with Crippen LogP contribution < -0.4 is 4.74 Å². The highest BCUT2D eigenvalue weighted by Crippen LogP contribution is 2.15. The first-order valence-electron chi connectivity index (χ1n) is 6.64. The van der Waals surface area contributed by atoms with Gasteiger partial charge in [0.25, 0.3) is 0 Å². The van der Waals surface area contributed by atoms with Crippen molar-refractivity contribution in [2.24, 2.45) is 0 Å². The van der Waals surface area contributed by atoms with Crippen molar-refractivity contribution in [2.75, 3.05) is 6.61 Å². The number of aliphatic hydroxyl groups excluding tert-OH is 1. The number of carboxylic acid groups (broad SMARTS) is 1. The molecule has 112 valence electrons. The Bertz CT molecular complexity index is 607. The van der Waals surface area contributed by atoms with Gasteiger partial charge in [-0.05, 0) is 24.1 Å². The molecule has 2 aromatic rings. The van der Waals surface area contributed by atoms with Gasteiger partial charge < -0.3 is 14.9 Å². The van der Waals surface area contributed by atoms with Gasteiger partial charge in [-0.15, -0.1) is 5.10 Å². The van der Waals surface area contributed by atoms with Gasteiger partial charge in [-0.1, -0.05) is 24.3 Å². The van der Waals surface area contributed by atoms with Crippen LogP contribution in [-0.2, 0) is 19.6 Å². The van der Waals surface area contributed by atoms with Crippen molar-refractivity contribution in [3.63, 3.8) is 0 Å². The number of carbonyl (C=O) groups is 1. The van der Waals surface area contributed by atoms with E-state index in [-0.39, 0.29) is 25.5 Å². The Morgan fingerprint density at radius 3 is 2.62 bits per heavy atom. The Hall–Kier alpha value is -2.41. The van der Waals surface area contributed by atoms with E-state index >= 15 is 0 Å². The molecule has 0 aliphatic carbocycles. The van der Waals surface area contributed by atoms with Crippen molar-refractivity contribution in [3.8, 4) is 5.75 Å². The van der Waals surface area contributed by atoms with E-state index in [1.807, 2.05) is 24.3 Å². The van der Waals surface area contributed by atoms with E-state index in [9.17, 15) is 4.79 Å². The predicted molar refractivity (Wildman–Crippen MR) is 74.2 cm³/mol. The minimum Gasteiger partial charge on any atom is -0.487 e. The van der Waals surface area contributed by atoms with Gasteiger partial charge in [-0.2, -0.15) is 0 Å². The van der Waals surface area contributed by atoms with Crippen LogP contribution in [0, 0.1) is 0 Å². The van der Waals surface area contributed by atoms with Crippen molar-refractivity contribution in [1.82, 2.24) is 15.0 Å². The second kappa shape index (κ2) is 6.85. The van der Waals surface area contributed by atoms with Gasteiger partial charge in [-0.25, -0.2) is 9.48 Å². The first-order valence-corrected chi connectivity index (χ1v) is 6.64. The van der Waals surface area contributed by atoms with E-state index in [0.29, 0.717) is 11.4 Å². The fourth-order valence-electron chi connectivity index (χ4n) is 1.89. The fraction of sp³-hybridized carbons (Fsp3) is 0.357. The molecule has 0 saturated carbocycles. The third-order valence-electron chi connectivity index (χ3n) is 3.06. The molecule has 0 aliphatic heterocycles. The molecular formula is C14H17N3O4. The summed E-state index contributed by atoms with van der Waals surface area (Å²) in [7, 11) is 0. The Morgan fingerprint density at radius 1 is 1.33 bits per heavy atom.